The fourth-order valence-corrected chi connectivity index (χ4v) is 6.85. The van der Waals surface area contributed by atoms with Gasteiger partial charge in [0.05, 0.1) is 12.4 Å². The van der Waals surface area contributed by atoms with Crippen LogP contribution in [0.25, 0.3) is 0 Å². The molecule has 0 bridgehead atoms. The lowest BCUT2D eigenvalue weighted by Gasteiger charge is -2.21. The van der Waals surface area contributed by atoms with Crippen molar-refractivity contribution in [2.24, 2.45) is 0 Å². The molecule has 0 aliphatic heterocycles. The van der Waals surface area contributed by atoms with Gasteiger partial charge < -0.3 is 9.42 Å². The fourth-order valence-electron chi connectivity index (χ4n) is 4.29. The topological polar surface area (TPSA) is 92.7 Å². The first-order chi connectivity index (χ1) is 17.3. The van der Waals surface area contributed by atoms with E-state index in [-0.39, 0.29) is 18.5 Å². The van der Waals surface area contributed by atoms with Crippen molar-refractivity contribution in [1.29, 1.82) is 0 Å². The van der Waals surface area contributed by atoms with Crippen LogP contribution < -0.4 is 4.72 Å². The highest BCUT2D eigenvalue weighted by atomic mass is 32.2. The Labute approximate surface area is 221 Å². The molecule has 2 unspecified atom stereocenters. The maximum absolute atomic E-state index is 12.7. The van der Waals surface area contributed by atoms with Crippen molar-refractivity contribution in [2.75, 3.05) is 18.5 Å². The number of sulfonamides is 1. The minimum Gasteiger partial charge on any atom is -0.324 e. The Morgan fingerprint density at radius 1 is 0.833 bits per heavy atom. The number of benzene rings is 1. The van der Waals surface area contributed by atoms with Gasteiger partial charge in [-0.25, -0.2) is 13.1 Å². The zero-order valence-electron chi connectivity index (χ0n) is 22.8. The van der Waals surface area contributed by atoms with Gasteiger partial charge in [0.2, 0.25) is 10.0 Å². The smallest absolute Gasteiger partial charge is 0.324 e. The first kappa shape index (κ1) is 33.3. The average Bonchev–Trinajstić information content (AvgIpc) is 2.85. The van der Waals surface area contributed by atoms with Gasteiger partial charge in [0.15, 0.2) is 0 Å². The molecule has 8 heteroatoms. The van der Waals surface area contributed by atoms with E-state index in [0.29, 0.717) is 19.3 Å². The summed E-state index contributed by atoms with van der Waals surface area (Å²) in [6.07, 6.45) is 15.8. The summed E-state index contributed by atoms with van der Waals surface area (Å²) < 4.78 is 46.1. The summed E-state index contributed by atoms with van der Waals surface area (Å²) in [5.41, 5.74) is 1.21. The normalized spacial score (nSPS) is 14.5. The van der Waals surface area contributed by atoms with Crippen LogP contribution >= 0.6 is 7.60 Å². The van der Waals surface area contributed by atoms with Crippen molar-refractivity contribution in [1.82, 2.24) is 4.72 Å². The van der Waals surface area contributed by atoms with E-state index in [0.717, 1.165) is 51.4 Å². The number of hydrogen-bond acceptors (Lipinski definition) is 4. The van der Waals surface area contributed by atoms with E-state index in [1.165, 1.54) is 37.7 Å². The Hall–Kier alpha value is -0.720. The van der Waals surface area contributed by atoms with Gasteiger partial charge in [0, 0.05) is 12.2 Å². The minimum atomic E-state index is -3.75. The Balaban J connectivity index is 2.42. The van der Waals surface area contributed by atoms with E-state index >= 15 is 0 Å². The highest BCUT2D eigenvalue weighted by molar-refractivity contribution is 7.89. The second-order valence-corrected chi connectivity index (χ2v) is 13.9. The van der Waals surface area contributed by atoms with Crippen molar-refractivity contribution in [3.63, 3.8) is 0 Å². The summed E-state index contributed by atoms with van der Waals surface area (Å²) in [5, 5.41) is 0. The van der Waals surface area contributed by atoms with Crippen LogP contribution in [0.2, 0.25) is 0 Å². The van der Waals surface area contributed by atoms with E-state index < -0.39 is 23.7 Å². The first-order valence-corrected chi connectivity index (χ1v) is 17.7. The van der Waals surface area contributed by atoms with Crippen molar-refractivity contribution >= 4 is 17.6 Å². The zero-order valence-corrected chi connectivity index (χ0v) is 24.5. The molecule has 2 atom stereocenters. The number of nitrogens with one attached hydrogen (secondary N) is 1. The summed E-state index contributed by atoms with van der Waals surface area (Å²) in [6, 6.07) is 9.60. The Bertz CT molecular complexity index is 803. The molecule has 0 aliphatic rings. The first-order valence-electron chi connectivity index (χ1n) is 14.3. The van der Waals surface area contributed by atoms with Gasteiger partial charge in [0.1, 0.15) is 0 Å². The maximum atomic E-state index is 12.7. The van der Waals surface area contributed by atoms with Crippen LogP contribution in [0.5, 0.6) is 0 Å². The van der Waals surface area contributed by atoms with Crippen LogP contribution in [-0.2, 0) is 25.5 Å². The van der Waals surface area contributed by atoms with E-state index in [1.807, 2.05) is 18.2 Å². The molecule has 210 valence electrons. The molecule has 0 aliphatic carbocycles. The highest BCUT2D eigenvalue weighted by Gasteiger charge is 2.24. The molecule has 0 saturated carbocycles. The van der Waals surface area contributed by atoms with Gasteiger partial charge in [-0.1, -0.05) is 115 Å². The molecule has 0 radical (unpaired) electrons. The molecule has 2 N–H and O–H groups in total. The van der Waals surface area contributed by atoms with Gasteiger partial charge in [-0.15, -0.1) is 0 Å². The largest absolute Gasteiger partial charge is 0.328 e. The van der Waals surface area contributed by atoms with Gasteiger partial charge in [-0.2, -0.15) is 0 Å². The van der Waals surface area contributed by atoms with E-state index in [4.69, 9.17) is 4.52 Å². The molecule has 0 saturated heterocycles. The van der Waals surface area contributed by atoms with Crippen molar-refractivity contribution in [3.8, 4) is 0 Å². The SMILES string of the molecule is CCCCCCCCCCS(=O)(=O)NC(CCCCCC)COP(=O)(O)CCCCc1ccccc1. The lowest BCUT2D eigenvalue weighted by Crippen LogP contribution is -2.39. The number of rotatable bonds is 24. The molecular weight excluding hydrogens is 493 g/mol. The molecule has 6 nitrogen and oxygen atoms in total. The molecule has 1 aromatic carbocycles. The third kappa shape index (κ3) is 18.5. The van der Waals surface area contributed by atoms with Crippen molar-refractivity contribution in [3.05, 3.63) is 35.9 Å². The lowest BCUT2D eigenvalue weighted by molar-refractivity contribution is 0.229. The van der Waals surface area contributed by atoms with Crippen molar-refractivity contribution in [2.45, 2.75) is 123 Å². The summed E-state index contributed by atoms with van der Waals surface area (Å²) in [6.45, 7) is 4.27. The van der Waals surface area contributed by atoms with Gasteiger partial charge in [-0.3, -0.25) is 4.57 Å². The monoisotopic (exact) mass is 545 g/mol. The molecule has 1 aromatic rings. The van der Waals surface area contributed by atoms with Crippen LogP contribution in [0.4, 0.5) is 0 Å². The summed E-state index contributed by atoms with van der Waals surface area (Å²) >= 11 is 0. The third-order valence-corrected chi connectivity index (χ3v) is 9.45. The molecule has 0 amide bonds. The Morgan fingerprint density at radius 3 is 2.06 bits per heavy atom. The van der Waals surface area contributed by atoms with E-state index in [2.05, 4.69) is 30.7 Å². The lowest BCUT2D eigenvalue weighted by atomic mass is 10.1. The number of aryl methyl sites for hydroxylation is 1. The Kier molecular flexibility index (Phi) is 18.8. The summed E-state index contributed by atoms with van der Waals surface area (Å²) in [7, 11) is -7.20. The molecular formula is C28H52NO5PS. The van der Waals surface area contributed by atoms with Gasteiger partial charge in [-0.05, 0) is 37.7 Å². The third-order valence-electron chi connectivity index (χ3n) is 6.50. The summed E-state index contributed by atoms with van der Waals surface area (Å²) in [5.74, 6) is 0.101. The van der Waals surface area contributed by atoms with Gasteiger partial charge >= 0.3 is 7.60 Å². The van der Waals surface area contributed by atoms with Crippen LogP contribution in [-0.4, -0.2) is 37.9 Å². The van der Waals surface area contributed by atoms with Crippen LogP contribution in [0, 0.1) is 0 Å². The van der Waals surface area contributed by atoms with Crippen LogP contribution in [0.15, 0.2) is 30.3 Å². The predicted octanol–water partition coefficient (Wildman–Crippen LogP) is 7.61. The second-order valence-electron chi connectivity index (χ2n) is 10.1. The van der Waals surface area contributed by atoms with Crippen LogP contribution in [0.1, 0.15) is 116 Å². The molecule has 36 heavy (non-hydrogen) atoms. The molecule has 1 rings (SSSR count). The minimum absolute atomic E-state index is 0.0603. The number of hydrogen-bond donors (Lipinski definition) is 2. The van der Waals surface area contributed by atoms with Crippen LogP contribution in [0.3, 0.4) is 0 Å². The Morgan fingerprint density at radius 2 is 1.42 bits per heavy atom. The zero-order chi connectivity index (χ0) is 26.5. The average molecular weight is 546 g/mol. The van der Waals surface area contributed by atoms with Gasteiger partial charge in [0.25, 0.3) is 0 Å². The number of unbranched alkanes of at least 4 members (excludes halogenated alkanes) is 11. The quantitative estimate of drug-likeness (QED) is 0.103. The highest BCUT2D eigenvalue weighted by Crippen LogP contribution is 2.43. The second kappa shape index (κ2) is 20.3. The summed E-state index contributed by atoms with van der Waals surface area (Å²) in [4.78, 5) is 10.3. The fraction of sp³-hybridized carbons (Fsp3) is 0.786. The molecule has 0 aromatic heterocycles. The molecule has 0 fully saturated rings. The molecule has 0 heterocycles. The predicted molar refractivity (Wildman–Crippen MR) is 152 cm³/mol. The maximum Gasteiger partial charge on any atom is 0.328 e. The standard InChI is InChI=1S/C28H52NO5PS/c1-3-5-7-9-10-11-12-19-25-36(32,33)29-28(23-16-8-6-4-2)26-34-35(30,31)24-18-17-22-27-20-14-13-15-21-27/h13-15,20-21,28-29H,3-12,16-19,22-26H2,1-2H3,(H,30,31). The van der Waals surface area contributed by atoms with E-state index in [9.17, 15) is 17.9 Å². The van der Waals surface area contributed by atoms with E-state index in [1.54, 1.807) is 0 Å². The van der Waals surface area contributed by atoms with Crippen molar-refractivity contribution < 1.29 is 22.4 Å². The molecule has 0 spiro atoms.